The highest BCUT2D eigenvalue weighted by atomic mass is 35.7. The zero-order valence-corrected chi connectivity index (χ0v) is 11.3. The van der Waals surface area contributed by atoms with Crippen molar-refractivity contribution in [1.29, 1.82) is 0 Å². The Morgan fingerprint density at radius 3 is 2.88 bits per heavy atom. The molecule has 1 heterocycles. The predicted molar refractivity (Wildman–Crippen MR) is 65.3 cm³/mol. The van der Waals surface area contributed by atoms with Gasteiger partial charge in [0.05, 0.1) is 11.9 Å². The largest absolute Gasteiger partial charge is 0.377 e. The van der Waals surface area contributed by atoms with Crippen molar-refractivity contribution in [1.82, 2.24) is 4.90 Å². The Balaban J connectivity index is 2.21. The standard InChI is InChI=1S/C10H20ClNO3S/c1-2-15-10-5-3-6-12(9-10)7-4-8-16(11,13)14/h10H,2-9H2,1H3. The molecule has 0 saturated carbocycles. The van der Waals surface area contributed by atoms with E-state index in [-0.39, 0.29) is 5.75 Å². The van der Waals surface area contributed by atoms with Gasteiger partial charge in [0.25, 0.3) is 0 Å². The summed E-state index contributed by atoms with van der Waals surface area (Å²) >= 11 is 0. The van der Waals surface area contributed by atoms with Crippen LogP contribution >= 0.6 is 10.7 Å². The molecule has 0 radical (unpaired) electrons. The van der Waals surface area contributed by atoms with Crippen molar-refractivity contribution in [2.75, 3.05) is 32.0 Å². The fourth-order valence-electron chi connectivity index (χ4n) is 2.05. The molecule has 0 spiro atoms. The third kappa shape index (κ3) is 6.03. The van der Waals surface area contributed by atoms with Gasteiger partial charge in [-0.1, -0.05) is 0 Å². The van der Waals surface area contributed by atoms with Crippen LogP contribution in [0.15, 0.2) is 0 Å². The summed E-state index contributed by atoms with van der Waals surface area (Å²) < 4.78 is 27.1. The highest BCUT2D eigenvalue weighted by Gasteiger charge is 2.19. The van der Waals surface area contributed by atoms with E-state index in [9.17, 15) is 8.42 Å². The molecule has 0 amide bonds. The molecule has 0 N–H and O–H groups in total. The minimum absolute atomic E-state index is 0.0599. The Kier molecular flexibility index (Phi) is 6.03. The first kappa shape index (κ1) is 14.2. The minimum Gasteiger partial charge on any atom is -0.377 e. The summed E-state index contributed by atoms with van der Waals surface area (Å²) in [6, 6.07) is 0. The molecule has 1 saturated heterocycles. The summed E-state index contributed by atoms with van der Waals surface area (Å²) in [5, 5.41) is 0. The van der Waals surface area contributed by atoms with Crippen molar-refractivity contribution in [3.63, 3.8) is 0 Å². The van der Waals surface area contributed by atoms with Gasteiger partial charge in [0.1, 0.15) is 0 Å². The van der Waals surface area contributed by atoms with Crippen molar-refractivity contribution in [2.45, 2.75) is 32.3 Å². The zero-order chi connectivity index (χ0) is 12.0. The van der Waals surface area contributed by atoms with E-state index < -0.39 is 9.05 Å². The van der Waals surface area contributed by atoms with Crippen molar-refractivity contribution in [2.24, 2.45) is 0 Å². The Morgan fingerprint density at radius 1 is 1.50 bits per heavy atom. The van der Waals surface area contributed by atoms with Crippen LogP contribution in [-0.2, 0) is 13.8 Å². The fourth-order valence-corrected chi connectivity index (χ4v) is 2.85. The van der Waals surface area contributed by atoms with Crippen LogP contribution in [0.3, 0.4) is 0 Å². The summed E-state index contributed by atoms with van der Waals surface area (Å²) in [5.74, 6) is 0.0599. The molecular formula is C10H20ClNO3S. The molecule has 1 aliphatic heterocycles. The number of hydrogen-bond donors (Lipinski definition) is 0. The lowest BCUT2D eigenvalue weighted by atomic mass is 10.1. The fraction of sp³-hybridized carbons (Fsp3) is 1.00. The lowest BCUT2D eigenvalue weighted by molar-refractivity contribution is 0.00613. The van der Waals surface area contributed by atoms with Gasteiger partial charge in [-0.2, -0.15) is 0 Å². The van der Waals surface area contributed by atoms with Crippen LogP contribution in [0.5, 0.6) is 0 Å². The second kappa shape index (κ2) is 6.79. The molecule has 0 aromatic rings. The number of rotatable bonds is 6. The second-order valence-electron chi connectivity index (χ2n) is 4.12. The van der Waals surface area contributed by atoms with E-state index in [0.717, 1.165) is 39.1 Å². The molecule has 1 rings (SSSR count). The molecular weight excluding hydrogens is 250 g/mol. The summed E-state index contributed by atoms with van der Waals surface area (Å²) in [7, 11) is 1.82. The van der Waals surface area contributed by atoms with Gasteiger partial charge in [0.2, 0.25) is 9.05 Å². The van der Waals surface area contributed by atoms with Crippen LogP contribution in [0.4, 0.5) is 0 Å². The molecule has 0 aliphatic carbocycles. The molecule has 16 heavy (non-hydrogen) atoms. The van der Waals surface area contributed by atoms with Crippen LogP contribution in [0.2, 0.25) is 0 Å². The topological polar surface area (TPSA) is 46.6 Å². The molecule has 1 unspecified atom stereocenters. The first-order chi connectivity index (χ1) is 7.51. The second-order valence-corrected chi connectivity index (χ2v) is 7.01. The van der Waals surface area contributed by atoms with Crippen LogP contribution in [0.1, 0.15) is 26.2 Å². The minimum atomic E-state index is -3.33. The third-order valence-corrected chi connectivity index (χ3v) is 3.97. The van der Waals surface area contributed by atoms with E-state index in [1.165, 1.54) is 0 Å². The van der Waals surface area contributed by atoms with Gasteiger partial charge in [0, 0.05) is 23.8 Å². The van der Waals surface area contributed by atoms with Crippen LogP contribution in [0, 0.1) is 0 Å². The number of nitrogens with zero attached hydrogens (tertiary/aromatic N) is 1. The first-order valence-electron chi connectivity index (χ1n) is 5.77. The van der Waals surface area contributed by atoms with Gasteiger partial charge < -0.3 is 9.64 Å². The Hall–Kier alpha value is 0.160. The van der Waals surface area contributed by atoms with Gasteiger partial charge in [-0.05, 0) is 39.3 Å². The summed E-state index contributed by atoms with van der Waals surface area (Å²) in [4.78, 5) is 2.26. The molecule has 0 aromatic carbocycles. The van der Waals surface area contributed by atoms with Crippen LogP contribution in [-0.4, -0.2) is 51.4 Å². The lowest BCUT2D eigenvalue weighted by Gasteiger charge is -2.32. The van der Waals surface area contributed by atoms with Crippen molar-refractivity contribution >= 4 is 19.7 Å². The third-order valence-electron chi connectivity index (χ3n) is 2.73. The smallest absolute Gasteiger partial charge is 0.232 e. The number of ether oxygens (including phenoxy) is 1. The van der Waals surface area contributed by atoms with Gasteiger partial charge in [-0.3, -0.25) is 0 Å². The molecule has 6 heteroatoms. The number of hydrogen-bond acceptors (Lipinski definition) is 4. The molecule has 4 nitrogen and oxygen atoms in total. The van der Waals surface area contributed by atoms with Crippen molar-refractivity contribution in [3.05, 3.63) is 0 Å². The maximum absolute atomic E-state index is 10.8. The molecule has 0 aromatic heterocycles. The lowest BCUT2D eigenvalue weighted by Crippen LogP contribution is -2.40. The van der Waals surface area contributed by atoms with Gasteiger partial charge in [-0.25, -0.2) is 8.42 Å². The van der Waals surface area contributed by atoms with Crippen molar-refractivity contribution < 1.29 is 13.2 Å². The summed E-state index contributed by atoms with van der Waals surface area (Å²) in [6.45, 7) is 5.48. The number of piperidine rings is 1. The van der Waals surface area contributed by atoms with E-state index in [4.69, 9.17) is 15.4 Å². The average Bonchev–Trinajstić information content (AvgIpc) is 2.17. The van der Waals surface area contributed by atoms with Crippen LogP contribution < -0.4 is 0 Å². The van der Waals surface area contributed by atoms with E-state index in [1.54, 1.807) is 0 Å². The molecule has 1 aliphatic rings. The SMILES string of the molecule is CCOC1CCCN(CCCS(=O)(=O)Cl)C1. The monoisotopic (exact) mass is 269 g/mol. The molecule has 0 bridgehead atoms. The van der Waals surface area contributed by atoms with E-state index in [2.05, 4.69) is 4.90 Å². The van der Waals surface area contributed by atoms with Gasteiger partial charge in [-0.15, -0.1) is 0 Å². The normalized spacial score (nSPS) is 23.5. The summed E-state index contributed by atoms with van der Waals surface area (Å²) in [5.41, 5.74) is 0. The predicted octanol–water partition coefficient (Wildman–Crippen LogP) is 1.45. The Bertz CT molecular complexity index is 292. The van der Waals surface area contributed by atoms with Gasteiger partial charge >= 0.3 is 0 Å². The maximum atomic E-state index is 10.8. The first-order valence-corrected chi connectivity index (χ1v) is 8.25. The van der Waals surface area contributed by atoms with Gasteiger partial charge in [0.15, 0.2) is 0 Å². The number of likely N-dealkylation sites (tertiary alicyclic amines) is 1. The summed E-state index contributed by atoms with van der Waals surface area (Å²) in [6.07, 6.45) is 3.15. The highest BCUT2D eigenvalue weighted by Crippen LogP contribution is 2.13. The zero-order valence-electron chi connectivity index (χ0n) is 9.69. The highest BCUT2D eigenvalue weighted by molar-refractivity contribution is 8.13. The van der Waals surface area contributed by atoms with E-state index in [1.807, 2.05) is 6.92 Å². The Labute approximate surface area is 102 Å². The molecule has 1 atom stereocenters. The molecule has 1 fully saturated rings. The van der Waals surface area contributed by atoms with E-state index >= 15 is 0 Å². The Morgan fingerprint density at radius 2 is 2.25 bits per heavy atom. The van der Waals surface area contributed by atoms with E-state index in [0.29, 0.717) is 12.5 Å². The molecule has 96 valence electrons. The number of halogens is 1. The maximum Gasteiger partial charge on any atom is 0.232 e. The van der Waals surface area contributed by atoms with Crippen molar-refractivity contribution in [3.8, 4) is 0 Å². The van der Waals surface area contributed by atoms with Crippen LogP contribution in [0.25, 0.3) is 0 Å². The average molecular weight is 270 g/mol. The quantitative estimate of drug-likeness (QED) is 0.685.